The number of thiazole rings is 1. The second kappa shape index (κ2) is 10.6. The van der Waals surface area contributed by atoms with E-state index >= 15 is 0 Å². The van der Waals surface area contributed by atoms with Crippen LogP contribution in [0.5, 0.6) is 0 Å². The highest BCUT2D eigenvalue weighted by Crippen LogP contribution is 2.33. The van der Waals surface area contributed by atoms with Gasteiger partial charge in [0.05, 0.1) is 32.8 Å². The largest absolute Gasteiger partial charge is 0.241 e. The molecule has 5 nitrogen and oxygen atoms in total. The van der Waals surface area contributed by atoms with E-state index in [-0.39, 0.29) is 4.90 Å². The average Bonchev–Trinajstić information content (AvgIpc) is 3.33. The van der Waals surface area contributed by atoms with Crippen molar-refractivity contribution < 1.29 is 8.42 Å². The van der Waals surface area contributed by atoms with Gasteiger partial charge in [-0.2, -0.15) is 5.26 Å². The van der Waals surface area contributed by atoms with Gasteiger partial charge in [0.1, 0.15) is 5.01 Å². The second-order valence-corrected chi connectivity index (χ2v) is 12.0. The molecule has 0 aliphatic heterocycles. The van der Waals surface area contributed by atoms with E-state index in [1.54, 1.807) is 60.7 Å². The third-order valence-corrected chi connectivity index (χ3v) is 8.96. The molecule has 0 aliphatic carbocycles. The van der Waals surface area contributed by atoms with E-state index < -0.39 is 16.1 Å². The van der Waals surface area contributed by atoms with Crippen molar-refractivity contribution in [3.8, 4) is 17.2 Å². The molecule has 1 heterocycles. The quantitative estimate of drug-likeness (QED) is 0.223. The minimum Gasteiger partial charge on any atom is -0.239 e. The van der Waals surface area contributed by atoms with Gasteiger partial charge in [-0.25, -0.2) is 18.1 Å². The number of hydrogen-bond acceptors (Lipinski definition) is 5. The molecule has 9 heteroatoms. The molecule has 0 amide bonds. The van der Waals surface area contributed by atoms with Crippen LogP contribution in [-0.2, 0) is 16.4 Å². The Balaban J connectivity index is 1.52. The zero-order chi connectivity index (χ0) is 26.0. The number of nitriles is 1. The number of nitrogens with one attached hydrogen (secondary N) is 1. The van der Waals surface area contributed by atoms with E-state index in [9.17, 15) is 13.7 Å². The predicted octanol–water partition coefficient (Wildman–Crippen LogP) is 7.40. The molecule has 1 atom stereocenters. The smallest absolute Gasteiger partial charge is 0.239 e. The number of sulfonamides is 1. The minimum absolute atomic E-state index is 0.105. The summed E-state index contributed by atoms with van der Waals surface area (Å²) in [4.78, 5) is 4.82. The number of para-hydroxylation sites is 1. The topological polar surface area (TPSA) is 82.9 Å². The Hall–Kier alpha value is -3.25. The predicted molar refractivity (Wildman–Crippen MR) is 149 cm³/mol. The Morgan fingerprint density at radius 2 is 1.76 bits per heavy atom. The molecule has 0 spiro atoms. The first-order valence-electron chi connectivity index (χ1n) is 11.2. The van der Waals surface area contributed by atoms with Crippen LogP contribution >= 0.6 is 34.5 Å². The monoisotopic (exact) mass is 563 g/mol. The van der Waals surface area contributed by atoms with E-state index in [1.807, 2.05) is 30.3 Å². The molecule has 0 aliphatic rings. The summed E-state index contributed by atoms with van der Waals surface area (Å²) in [5.74, 6) is 0. The molecule has 0 bridgehead atoms. The number of fused-ring (bicyclic) bond motifs is 1. The van der Waals surface area contributed by atoms with E-state index in [2.05, 4.69) is 10.8 Å². The normalized spacial score (nSPS) is 12.4. The summed E-state index contributed by atoms with van der Waals surface area (Å²) in [6, 6.07) is 28.0. The molecule has 0 saturated carbocycles. The Morgan fingerprint density at radius 1 is 0.946 bits per heavy atom. The fraction of sp³-hybridized carbons (Fsp3) is 0.0714. The van der Waals surface area contributed by atoms with Crippen molar-refractivity contribution in [3.63, 3.8) is 0 Å². The lowest BCUT2D eigenvalue weighted by Crippen LogP contribution is -2.30. The van der Waals surface area contributed by atoms with Gasteiger partial charge in [0.2, 0.25) is 10.0 Å². The van der Waals surface area contributed by atoms with Crippen LogP contribution in [0.2, 0.25) is 10.0 Å². The van der Waals surface area contributed by atoms with Crippen LogP contribution in [0.15, 0.2) is 95.9 Å². The Morgan fingerprint density at radius 3 is 2.54 bits per heavy atom. The van der Waals surface area contributed by atoms with Crippen LogP contribution in [0.4, 0.5) is 0 Å². The highest BCUT2D eigenvalue weighted by Gasteiger charge is 2.25. The van der Waals surface area contributed by atoms with Crippen LogP contribution in [0.1, 0.15) is 22.2 Å². The van der Waals surface area contributed by atoms with Gasteiger partial charge in [-0.15, -0.1) is 11.3 Å². The summed E-state index contributed by atoms with van der Waals surface area (Å²) in [5.41, 5.74) is 3.47. The van der Waals surface area contributed by atoms with Crippen molar-refractivity contribution in [1.82, 2.24) is 9.71 Å². The lowest BCUT2D eigenvalue weighted by Gasteiger charge is -2.18. The maximum atomic E-state index is 13.6. The van der Waals surface area contributed by atoms with Gasteiger partial charge in [-0.05, 0) is 66.1 Å². The molecule has 0 fully saturated rings. The van der Waals surface area contributed by atoms with Gasteiger partial charge >= 0.3 is 0 Å². The Labute approximate surface area is 229 Å². The zero-order valence-electron chi connectivity index (χ0n) is 19.2. The molecule has 1 aromatic heterocycles. The van der Waals surface area contributed by atoms with E-state index in [4.69, 9.17) is 28.2 Å². The summed E-state index contributed by atoms with van der Waals surface area (Å²) in [7, 11) is -3.95. The Bertz CT molecular complexity index is 1730. The minimum atomic E-state index is -3.95. The number of benzene rings is 4. The summed E-state index contributed by atoms with van der Waals surface area (Å²) < 4.78 is 31.1. The molecule has 0 radical (unpaired) electrons. The number of rotatable bonds is 7. The first-order valence-corrected chi connectivity index (χ1v) is 14.3. The molecule has 5 aromatic rings. The van der Waals surface area contributed by atoms with E-state index in [1.165, 1.54) is 11.3 Å². The molecule has 0 saturated heterocycles. The maximum Gasteiger partial charge on any atom is 0.241 e. The number of halogens is 2. The van der Waals surface area contributed by atoms with E-state index in [0.717, 1.165) is 15.8 Å². The summed E-state index contributed by atoms with van der Waals surface area (Å²) >= 11 is 13.8. The third-order valence-electron chi connectivity index (χ3n) is 5.79. The number of nitrogens with zero attached hydrogens (tertiary/aromatic N) is 2. The van der Waals surface area contributed by atoms with Crippen LogP contribution < -0.4 is 4.72 Å². The van der Waals surface area contributed by atoms with Crippen molar-refractivity contribution in [2.24, 2.45) is 0 Å². The second-order valence-electron chi connectivity index (χ2n) is 8.36. The standard InChI is InChI=1S/C28H19Cl2N3O2S2/c29-21-11-12-23(24(30)16-21)20-7-4-8-22(15-20)37(34,35)33-26(14-18-5-3-6-19(13-18)17-31)28-32-25-9-1-2-10-27(25)36-28/h1-13,15-16,26,33H,14H2. The molecule has 1 N–H and O–H groups in total. The summed E-state index contributed by atoms with van der Waals surface area (Å²) in [6.07, 6.45) is 0.331. The van der Waals surface area contributed by atoms with Crippen LogP contribution in [-0.4, -0.2) is 13.4 Å². The van der Waals surface area contributed by atoms with Gasteiger partial charge in [-0.1, -0.05) is 65.7 Å². The lowest BCUT2D eigenvalue weighted by molar-refractivity contribution is 0.554. The maximum absolute atomic E-state index is 13.6. The van der Waals surface area contributed by atoms with Crippen molar-refractivity contribution in [2.75, 3.05) is 0 Å². The van der Waals surface area contributed by atoms with Crippen molar-refractivity contribution >= 4 is 54.8 Å². The molecule has 37 heavy (non-hydrogen) atoms. The van der Waals surface area contributed by atoms with Crippen molar-refractivity contribution in [1.29, 1.82) is 5.26 Å². The molecular formula is C28H19Cl2N3O2S2. The first kappa shape index (κ1) is 25.4. The molecule has 184 valence electrons. The molecule has 4 aromatic carbocycles. The lowest BCUT2D eigenvalue weighted by atomic mass is 10.0. The fourth-order valence-corrected chi connectivity index (χ4v) is 6.89. The SMILES string of the molecule is N#Cc1cccc(CC(NS(=O)(=O)c2cccc(-c3ccc(Cl)cc3Cl)c2)c2nc3ccccc3s2)c1. The highest BCUT2D eigenvalue weighted by atomic mass is 35.5. The molecular weight excluding hydrogens is 545 g/mol. The number of hydrogen-bond donors (Lipinski definition) is 1. The first-order chi connectivity index (χ1) is 17.8. The summed E-state index contributed by atoms with van der Waals surface area (Å²) in [6.45, 7) is 0. The van der Waals surface area contributed by atoms with Crippen LogP contribution in [0, 0.1) is 11.3 Å². The molecule has 1 unspecified atom stereocenters. The van der Waals surface area contributed by atoms with Gasteiger partial charge < -0.3 is 0 Å². The van der Waals surface area contributed by atoms with Crippen LogP contribution in [0.3, 0.4) is 0 Å². The third kappa shape index (κ3) is 5.69. The van der Waals surface area contributed by atoms with Crippen LogP contribution in [0.25, 0.3) is 21.3 Å². The average molecular weight is 565 g/mol. The van der Waals surface area contributed by atoms with Crippen molar-refractivity contribution in [3.05, 3.63) is 117 Å². The highest BCUT2D eigenvalue weighted by molar-refractivity contribution is 7.89. The zero-order valence-corrected chi connectivity index (χ0v) is 22.4. The fourth-order valence-electron chi connectivity index (χ4n) is 4.03. The van der Waals surface area contributed by atoms with Gasteiger partial charge in [0.15, 0.2) is 0 Å². The van der Waals surface area contributed by atoms with Gasteiger partial charge in [0.25, 0.3) is 0 Å². The summed E-state index contributed by atoms with van der Waals surface area (Å²) in [5, 5.41) is 10.9. The Kier molecular flexibility index (Phi) is 7.29. The molecule has 5 rings (SSSR count). The van der Waals surface area contributed by atoms with Gasteiger partial charge in [0, 0.05) is 15.6 Å². The number of aromatic nitrogens is 1. The van der Waals surface area contributed by atoms with Gasteiger partial charge in [-0.3, -0.25) is 0 Å². The van der Waals surface area contributed by atoms with Crippen molar-refractivity contribution in [2.45, 2.75) is 17.4 Å². The van der Waals surface area contributed by atoms with E-state index in [0.29, 0.717) is 38.2 Å².